The van der Waals surface area contributed by atoms with Gasteiger partial charge in [-0.25, -0.2) is 9.97 Å². The number of aryl methyl sites for hydroxylation is 1. The zero-order chi connectivity index (χ0) is 18.8. The Morgan fingerprint density at radius 1 is 1.22 bits per heavy atom. The summed E-state index contributed by atoms with van der Waals surface area (Å²) in [7, 11) is 0. The molecule has 3 aliphatic carbocycles. The van der Waals surface area contributed by atoms with E-state index in [1.807, 2.05) is 13.0 Å². The molecule has 3 saturated carbocycles. The SMILES string of the molecule is Cc1cc(-c2cn(C34CC(N5CCOCC5)(C3)C4)c(C(C)O)n2)cnc1N. The molecule has 1 atom stereocenters. The number of ether oxygens (including phenoxy) is 1. The molecule has 7 heteroatoms. The number of rotatable bonds is 4. The largest absolute Gasteiger partial charge is 0.385 e. The number of morpholine rings is 1. The minimum atomic E-state index is -0.602. The van der Waals surface area contributed by atoms with Crippen molar-refractivity contribution in [3.05, 3.63) is 29.8 Å². The number of nitrogen functional groups attached to an aromatic ring is 1. The van der Waals surface area contributed by atoms with Gasteiger partial charge in [0, 0.05) is 36.6 Å². The molecule has 0 spiro atoms. The Bertz CT molecular complexity index is 865. The molecule has 1 saturated heterocycles. The van der Waals surface area contributed by atoms with Crippen LogP contribution < -0.4 is 5.73 Å². The average molecular weight is 369 g/mol. The fourth-order valence-corrected chi connectivity index (χ4v) is 5.24. The van der Waals surface area contributed by atoms with E-state index in [1.54, 1.807) is 13.1 Å². The lowest BCUT2D eigenvalue weighted by Gasteiger charge is -2.74. The number of imidazole rings is 1. The lowest BCUT2D eigenvalue weighted by atomic mass is 9.43. The summed E-state index contributed by atoms with van der Waals surface area (Å²) in [6.07, 6.45) is 6.65. The van der Waals surface area contributed by atoms with Crippen molar-refractivity contribution in [2.75, 3.05) is 32.0 Å². The first kappa shape index (κ1) is 17.2. The fraction of sp³-hybridized carbons (Fsp3) is 0.600. The van der Waals surface area contributed by atoms with Gasteiger partial charge in [0.25, 0.3) is 0 Å². The molecular formula is C20H27N5O2. The predicted octanol–water partition coefficient (Wildman–Crippen LogP) is 1.85. The molecule has 7 nitrogen and oxygen atoms in total. The molecule has 0 aromatic carbocycles. The van der Waals surface area contributed by atoms with Crippen LogP contribution in [0.4, 0.5) is 5.82 Å². The number of nitrogens with zero attached hydrogens (tertiary/aromatic N) is 4. The quantitative estimate of drug-likeness (QED) is 0.855. The van der Waals surface area contributed by atoms with E-state index in [-0.39, 0.29) is 5.54 Å². The van der Waals surface area contributed by atoms with Gasteiger partial charge in [0.2, 0.25) is 0 Å². The zero-order valence-electron chi connectivity index (χ0n) is 16.0. The topological polar surface area (TPSA) is 89.4 Å². The van der Waals surface area contributed by atoms with E-state index in [9.17, 15) is 5.11 Å². The number of aromatic nitrogens is 3. The van der Waals surface area contributed by atoms with Gasteiger partial charge in [-0.1, -0.05) is 0 Å². The number of hydrogen-bond acceptors (Lipinski definition) is 6. The van der Waals surface area contributed by atoms with Gasteiger partial charge in [0.05, 0.1) is 24.4 Å². The standard InChI is InChI=1S/C20H27N5O2/c1-13-7-15(8-22-17(13)21)16-9-25(18(23-16)14(2)26)20-10-19(11-20,12-20)24-3-5-27-6-4-24/h7-9,14,26H,3-6,10-12H2,1-2H3,(H2,21,22). The Balaban J connectivity index is 1.44. The number of anilines is 1. The smallest absolute Gasteiger partial charge is 0.138 e. The maximum atomic E-state index is 10.3. The molecule has 2 aromatic heterocycles. The molecule has 4 aliphatic rings. The lowest BCUT2D eigenvalue weighted by Crippen LogP contribution is -2.79. The van der Waals surface area contributed by atoms with E-state index in [2.05, 4.69) is 20.6 Å². The van der Waals surface area contributed by atoms with Crippen LogP contribution >= 0.6 is 0 Å². The van der Waals surface area contributed by atoms with Gasteiger partial charge in [-0.15, -0.1) is 0 Å². The summed E-state index contributed by atoms with van der Waals surface area (Å²) in [6.45, 7) is 7.48. The Hall–Kier alpha value is -1.96. The molecule has 2 aromatic rings. The third-order valence-corrected chi connectivity index (χ3v) is 6.69. The van der Waals surface area contributed by atoms with E-state index in [0.29, 0.717) is 11.4 Å². The van der Waals surface area contributed by atoms with Crippen LogP contribution in [0.3, 0.4) is 0 Å². The van der Waals surface area contributed by atoms with Crippen molar-refractivity contribution in [3.63, 3.8) is 0 Å². The van der Waals surface area contributed by atoms with Crippen LogP contribution in [-0.2, 0) is 10.3 Å². The first-order chi connectivity index (χ1) is 12.9. The minimum absolute atomic E-state index is 0.103. The van der Waals surface area contributed by atoms with Crippen molar-refractivity contribution in [1.82, 2.24) is 19.4 Å². The summed E-state index contributed by atoms with van der Waals surface area (Å²) in [5.74, 6) is 1.29. The first-order valence-electron chi connectivity index (χ1n) is 9.76. The third-order valence-electron chi connectivity index (χ3n) is 6.69. The van der Waals surface area contributed by atoms with Crippen LogP contribution in [0, 0.1) is 6.92 Å². The van der Waals surface area contributed by atoms with E-state index in [1.165, 1.54) is 0 Å². The highest BCUT2D eigenvalue weighted by molar-refractivity contribution is 5.61. The third kappa shape index (κ3) is 2.45. The Morgan fingerprint density at radius 2 is 1.93 bits per heavy atom. The second-order valence-electron chi connectivity index (χ2n) is 8.53. The number of aliphatic hydroxyl groups excluding tert-OH is 1. The molecule has 4 fully saturated rings. The highest BCUT2D eigenvalue weighted by Crippen LogP contribution is 2.68. The van der Waals surface area contributed by atoms with Crippen LogP contribution in [0.1, 0.15) is 43.7 Å². The lowest BCUT2D eigenvalue weighted by molar-refractivity contribution is -0.221. The Morgan fingerprint density at radius 3 is 2.56 bits per heavy atom. The summed E-state index contributed by atoms with van der Waals surface area (Å²) in [6, 6.07) is 2.01. The minimum Gasteiger partial charge on any atom is -0.385 e. The number of hydrogen-bond donors (Lipinski definition) is 2. The van der Waals surface area contributed by atoms with Crippen LogP contribution in [-0.4, -0.2) is 56.4 Å². The van der Waals surface area contributed by atoms with Crippen molar-refractivity contribution >= 4 is 5.82 Å². The zero-order valence-corrected chi connectivity index (χ0v) is 16.0. The molecule has 1 unspecified atom stereocenters. The summed E-state index contributed by atoms with van der Waals surface area (Å²) in [5.41, 5.74) is 9.03. The molecule has 3 heterocycles. The van der Waals surface area contributed by atoms with Crippen LogP contribution in [0.15, 0.2) is 18.5 Å². The van der Waals surface area contributed by atoms with Gasteiger partial charge >= 0.3 is 0 Å². The average Bonchev–Trinajstić information content (AvgIpc) is 3.01. The summed E-state index contributed by atoms with van der Waals surface area (Å²) >= 11 is 0. The molecule has 6 rings (SSSR count). The van der Waals surface area contributed by atoms with Crippen molar-refractivity contribution in [2.45, 2.75) is 50.3 Å². The van der Waals surface area contributed by atoms with Gasteiger partial charge in [0.1, 0.15) is 17.7 Å². The van der Waals surface area contributed by atoms with E-state index >= 15 is 0 Å². The highest BCUT2D eigenvalue weighted by Gasteiger charge is 2.71. The highest BCUT2D eigenvalue weighted by atomic mass is 16.5. The van der Waals surface area contributed by atoms with Crippen molar-refractivity contribution < 1.29 is 9.84 Å². The fourth-order valence-electron chi connectivity index (χ4n) is 5.24. The van der Waals surface area contributed by atoms with Gasteiger partial charge in [-0.2, -0.15) is 0 Å². The van der Waals surface area contributed by atoms with Gasteiger partial charge in [0.15, 0.2) is 0 Å². The molecule has 144 valence electrons. The summed E-state index contributed by atoms with van der Waals surface area (Å²) in [4.78, 5) is 11.6. The molecule has 27 heavy (non-hydrogen) atoms. The van der Waals surface area contributed by atoms with Crippen LogP contribution in [0.2, 0.25) is 0 Å². The molecule has 3 N–H and O–H groups in total. The van der Waals surface area contributed by atoms with Crippen molar-refractivity contribution in [2.24, 2.45) is 0 Å². The molecule has 2 bridgehead atoms. The van der Waals surface area contributed by atoms with Crippen LogP contribution in [0.5, 0.6) is 0 Å². The van der Waals surface area contributed by atoms with Gasteiger partial charge < -0.3 is 20.1 Å². The van der Waals surface area contributed by atoms with E-state index < -0.39 is 6.10 Å². The summed E-state index contributed by atoms with van der Waals surface area (Å²) < 4.78 is 7.74. The van der Waals surface area contributed by atoms with Crippen molar-refractivity contribution in [1.29, 1.82) is 0 Å². The maximum Gasteiger partial charge on any atom is 0.138 e. The Kier molecular flexibility index (Phi) is 3.67. The van der Waals surface area contributed by atoms with Gasteiger partial charge in [-0.3, -0.25) is 4.90 Å². The second-order valence-corrected chi connectivity index (χ2v) is 8.53. The molecule has 0 amide bonds. The molecular weight excluding hydrogens is 342 g/mol. The normalized spacial score (nSPS) is 31.2. The Labute approximate surface area is 159 Å². The molecule has 0 radical (unpaired) electrons. The summed E-state index contributed by atoms with van der Waals surface area (Å²) in [5, 5.41) is 10.3. The number of aliphatic hydroxyl groups is 1. The first-order valence-corrected chi connectivity index (χ1v) is 9.76. The number of nitrogens with two attached hydrogens (primary N) is 1. The number of pyridine rings is 1. The van der Waals surface area contributed by atoms with Crippen molar-refractivity contribution in [3.8, 4) is 11.3 Å². The predicted molar refractivity (Wildman–Crippen MR) is 102 cm³/mol. The molecule has 1 aliphatic heterocycles. The van der Waals surface area contributed by atoms with Gasteiger partial charge in [-0.05, 0) is 44.7 Å². The maximum absolute atomic E-state index is 10.3. The monoisotopic (exact) mass is 369 g/mol. The van der Waals surface area contributed by atoms with E-state index in [0.717, 1.165) is 68.2 Å². The van der Waals surface area contributed by atoms with Crippen LogP contribution in [0.25, 0.3) is 11.3 Å². The van der Waals surface area contributed by atoms with E-state index in [4.69, 9.17) is 15.5 Å². The second kappa shape index (κ2) is 5.77.